The average molecular weight is 554 g/mol. The number of hydrogen-bond acceptors (Lipinski definition) is 4. The fourth-order valence-corrected chi connectivity index (χ4v) is 7.47. The highest BCUT2D eigenvalue weighted by molar-refractivity contribution is 8.18. The Kier molecular flexibility index (Phi) is 8.12. The van der Waals surface area contributed by atoms with Crippen LogP contribution >= 0.6 is 23.1 Å². The summed E-state index contributed by atoms with van der Waals surface area (Å²) in [4.78, 5) is 15.2. The van der Waals surface area contributed by atoms with E-state index in [0.717, 1.165) is 47.9 Å². The molecule has 0 radical (unpaired) electrons. The number of benzene rings is 2. The first kappa shape index (κ1) is 26.3. The number of aryl methyl sites for hydroxylation is 2. The zero-order valence-corrected chi connectivity index (χ0v) is 24.7. The number of allylic oxidation sites excluding steroid dienone is 3. The van der Waals surface area contributed by atoms with Crippen LogP contribution in [0.4, 0.5) is 5.13 Å². The van der Waals surface area contributed by atoms with Crippen molar-refractivity contribution in [2.24, 2.45) is 4.99 Å². The van der Waals surface area contributed by atoms with Crippen molar-refractivity contribution in [2.45, 2.75) is 52.4 Å². The van der Waals surface area contributed by atoms with E-state index in [1.54, 1.807) is 0 Å². The second kappa shape index (κ2) is 12.1. The third kappa shape index (κ3) is 6.12. The van der Waals surface area contributed by atoms with Crippen molar-refractivity contribution in [1.29, 1.82) is 0 Å². The minimum atomic E-state index is 1.09. The summed E-state index contributed by atoms with van der Waals surface area (Å²) in [6.07, 6.45) is 14.4. The maximum atomic E-state index is 5.16. The van der Waals surface area contributed by atoms with Crippen LogP contribution in [0.15, 0.2) is 70.6 Å². The molecule has 4 nitrogen and oxygen atoms in total. The number of aromatic nitrogens is 1. The van der Waals surface area contributed by atoms with E-state index in [9.17, 15) is 0 Å². The highest BCUT2D eigenvalue weighted by Gasteiger charge is 2.32. The molecule has 39 heavy (non-hydrogen) atoms. The Balaban J connectivity index is 1.34. The van der Waals surface area contributed by atoms with Crippen molar-refractivity contribution >= 4 is 45.2 Å². The molecule has 3 aromatic rings. The van der Waals surface area contributed by atoms with Gasteiger partial charge in [-0.2, -0.15) is 0 Å². The Morgan fingerprint density at radius 2 is 1.44 bits per heavy atom. The maximum Gasteiger partial charge on any atom is 0.360 e. The molecule has 0 atom stereocenters. The standard InChI is InChI=1S/C33H37N4S2/c1-24-12-16-26(17-13-24)30-28(38-32(34-30)36-20-5-3-6-21-36)10-9-11-29-31(27-18-14-25(2)15-19-27)35-33(39-29)37-22-7-4-8-23-37/h9-19H,3-8,20-23H2,1-2H3/q+1. The molecule has 0 bridgehead atoms. The van der Waals surface area contributed by atoms with Gasteiger partial charge >= 0.3 is 5.17 Å². The van der Waals surface area contributed by atoms with E-state index in [4.69, 9.17) is 9.98 Å². The summed E-state index contributed by atoms with van der Waals surface area (Å²) in [5.41, 5.74) is 7.09. The van der Waals surface area contributed by atoms with Crippen LogP contribution in [0.1, 0.15) is 60.1 Å². The molecule has 0 aliphatic carbocycles. The minimum absolute atomic E-state index is 1.09. The second-order valence-electron chi connectivity index (χ2n) is 10.8. The van der Waals surface area contributed by atoms with Crippen LogP contribution in [-0.2, 0) is 0 Å². The zero-order chi connectivity index (χ0) is 26.6. The van der Waals surface area contributed by atoms with Crippen LogP contribution in [-0.4, -0.2) is 46.6 Å². The number of rotatable bonds is 5. The van der Waals surface area contributed by atoms with Crippen molar-refractivity contribution in [3.05, 3.63) is 87.2 Å². The highest BCUT2D eigenvalue weighted by atomic mass is 32.2. The van der Waals surface area contributed by atoms with Crippen LogP contribution in [0.5, 0.6) is 0 Å². The molecule has 0 unspecified atom stereocenters. The van der Waals surface area contributed by atoms with Gasteiger partial charge in [0.05, 0.1) is 28.6 Å². The molecular weight excluding hydrogens is 517 g/mol. The predicted octanol–water partition coefficient (Wildman–Crippen LogP) is 8.10. The van der Waals surface area contributed by atoms with Crippen LogP contribution in [0.3, 0.4) is 0 Å². The lowest BCUT2D eigenvalue weighted by atomic mass is 10.1. The molecule has 6 heteroatoms. The topological polar surface area (TPSA) is 31.5 Å². The number of aliphatic imine (C=N–C) groups is 1. The van der Waals surface area contributed by atoms with Gasteiger partial charge in [-0.1, -0.05) is 77.1 Å². The van der Waals surface area contributed by atoms with Gasteiger partial charge < -0.3 is 4.90 Å². The van der Waals surface area contributed by atoms with Gasteiger partial charge in [0.1, 0.15) is 0 Å². The number of nitrogens with zero attached hydrogens (tertiary/aromatic N) is 4. The summed E-state index contributed by atoms with van der Waals surface area (Å²) in [6.45, 7) is 8.70. The summed E-state index contributed by atoms with van der Waals surface area (Å²) >= 11 is 3.64. The van der Waals surface area contributed by atoms with Crippen molar-refractivity contribution < 1.29 is 4.58 Å². The molecule has 0 amide bonds. The molecule has 0 spiro atoms. The predicted molar refractivity (Wildman–Crippen MR) is 170 cm³/mol. The van der Waals surface area contributed by atoms with E-state index in [1.807, 2.05) is 23.1 Å². The normalized spacial score (nSPS) is 19.4. The van der Waals surface area contributed by atoms with Gasteiger partial charge in [0, 0.05) is 36.0 Å². The Bertz CT molecular complexity index is 1430. The molecule has 0 N–H and O–H groups in total. The Morgan fingerprint density at radius 1 is 0.795 bits per heavy atom. The van der Waals surface area contributed by atoms with Crippen molar-refractivity contribution in [3.63, 3.8) is 0 Å². The second-order valence-corrected chi connectivity index (χ2v) is 12.8. The lowest BCUT2D eigenvalue weighted by molar-refractivity contribution is -0.535. The van der Waals surface area contributed by atoms with Gasteiger partial charge in [0.2, 0.25) is 0 Å². The van der Waals surface area contributed by atoms with E-state index in [0.29, 0.717) is 0 Å². The van der Waals surface area contributed by atoms with Crippen LogP contribution in [0.2, 0.25) is 0 Å². The van der Waals surface area contributed by atoms with Gasteiger partial charge in [-0.3, -0.25) is 4.58 Å². The van der Waals surface area contributed by atoms with Gasteiger partial charge in [-0.15, -0.1) is 0 Å². The number of thioether (sulfide) groups is 1. The molecule has 3 aliphatic rings. The molecule has 2 saturated heterocycles. The van der Waals surface area contributed by atoms with Gasteiger partial charge in [0.25, 0.3) is 0 Å². The molecule has 2 fully saturated rings. The van der Waals surface area contributed by atoms with Gasteiger partial charge in [-0.05, 0) is 69.5 Å². The monoisotopic (exact) mass is 553 g/mol. The largest absolute Gasteiger partial charge is 0.360 e. The Hall–Kier alpha value is -2.96. The molecular formula is C33H37N4S2+. The van der Waals surface area contributed by atoms with E-state index < -0.39 is 0 Å². The summed E-state index contributed by atoms with van der Waals surface area (Å²) in [7, 11) is 0. The molecule has 200 valence electrons. The molecule has 0 saturated carbocycles. The first-order valence-corrected chi connectivity index (χ1v) is 15.9. The molecule has 6 rings (SSSR count). The van der Waals surface area contributed by atoms with Crippen molar-refractivity contribution in [1.82, 2.24) is 4.98 Å². The smallest absolute Gasteiger partial charge is 0.348 e. The summed E-state index contributed by atoms with van der Waals surface area (Å²) in [5.74, 6) is 0. The fourth-order valence-electron chi connectivity index (χ4n) is 5.37. The molecule has 1 aromatic heterocycles. The lowest BCUT2D eigenvalue weighted by Crippen LogP contribution is -2.29. The van der Waals surface area contributed by atoms with Crippen LogP contribution < -0.4 is 4.90 Å². The van der Waals surface area contributed by atoms with Gasteiger partial charge in [-0.25, -0.2) is 4.98 Å². The first-order chi connectivity index (χ1) is 19.1. The highest BCUT2D eigenvalue weighted by Crippen LogP contribution is 2.36. The fraction of sp³-hybridized carbons (Fsp3) is 0.364. The Labute approximate surface area is 240 Å². The number of piperidine rings is 2. The molecule has 4 heterocycles. The maximum absolute atomic E-state index is 5.16. The first-order valence-electron chi connectivity index (χ1n) is 14.3. The quantitative estimate of drug-likeness (QED) is 0.299. The number of hydrogen-bond donors (Lipinski definition) is 0. The van der Waals surface area contributed by atoms with Crippen molar-refractivity contribution in [3.8, 4) is 11.3 Å². The lowest BCUT2D eigenvalue weighted by Gasteiger charge is -2.25. The third-order valence-corrected chi connectivity index (χ3v) is 9.85. The summed E-state index contributed by atoms with van der Waals surface area (Å²) in [6, 6.07) is 17.5. The SMILES string of the molecule is Cc1ccc(C2=NC(=[N+]3CCCCC3)S/C2=C\C=C\c2sc(N3CCCCC3)nc2-c2ccc(C)cc2)cc1. The zero-order valence-electron chi connectivity index (χ0n) is 23.0. The molecule has 2 aromatic carbocycles. The van der Waals surface area contributed by atoms with E-state index in [-0.39, 0.29) is 0 Å². The van der Waals surface area contributed by atoms with E-state index in [1.165, 1.54) is 70.6 Å². The van der Waals surface area contributed by atoms with E-state index >= 15 is 0 Å². The Morgan fingerprint density at radius 3 is 2.13 bits per heavy atom. The minimum Gasteiger partial charge on any atom is -0.348 e. The summed E-state index contributed by atoms with van der Waals surface area (Å²) < 4.78 is 2.47. The third-order valence-electron chi connectivity index (χ3n) is 7.68. The van der Waals surface area contributed by atoms with Crippen LogP contribution in [0, 0.1) is 13.8 Å². The number of anilines is 1. The average Bonchev–Trinajstić information content (AvgIpc) is 3.60. The van der Waals surface area contributed by atoms with Crippen LogP contribution in [0.25, 0.3) is 17.3 Å². The number of thiazole rings is 1. The van der Waals surface area contributed by atoms with E-state index in [2.05, 4.69) is 90.1 Å². The summed E-state index contributed by atoms with van der Waals surface area (Å²) in [5, 5.41) is 2.30. The van der Waals surface area contributed by atoms with Gasteiger partial charge in [0.15, 0.2) is 10.8 Å². The molecule has 3 aliphatic heterocycles. The number of amidine groups is 1. The van der Waals surface area contributed by atoms with Crippen molar-refractivity contribution in [2.75, 3.05) is 31.1 Å².